The van der Waals surface area contributed by atoms with Gasteiger partial charge in [0.2, 0.25) is 0 Å². The van der Waals surface area contributed by atoms with Crippen LogP contribution < -0.4 is 5.32 Å². The van der Waals surface area contributed by atoms with E-state index in [1.54, 1.807) is 4.68 Å². The second kappa shape index (κ2) is 7.11. The number of carbonyl (C=O) groups excluding carboxylic acids is 1. The van der Waals surface area contributed by atoms with Crippen LogP contribution in [0.4, 0.5) is 10.5 Å². The van der Waals surface area contributed by atoms with Crippen LogP contribution in [-0.4, -0.2) is 71.0 Å². The fraction of sp³-hybridized carbons (Fsp3) is 0.765. The first-order chi connectivity index (χ1) is 11.5. The molecule has 1 aromatic rings. The van der Waals surface area contributed by atoms with Gasteiger partial charge < -0.3 is 15.0 Å². The summed E-state index contributed by atoms with van der Waals surface area (Å²) in [5, 5.41) is 7.51. The van der Waals surface area contributed by atoms with E-state index >= 15 is 0 Å². The van der Waals surface area contributed by atoms with Crippen LogP contribution >= 0.6 is 0 Å². The molecule has 2 atom stereocenters. The van der Waals surface area contributed by atoms with Crippen molar-refractivity contribution in [1.82, 2.24) is 19.6 Å². The summed E-state index contributed by atoms with van der Waals surface area (Å²) in [5.74, 6) is 0.757. The molecule has 2 amide bonds. The van der Waals surface area contributed by atoms with E-state index in [0.717, 1.165) is 50.8 Å². The molecule has 0 aliphatic carbocycles. The number of ether oxygens (including phenoxy) is 1. The van der Waals surface area contributed by atoms with Crippen molar-refractivity contribution in [2.24, 2.45) is 13.0 Å². The molecule has 2 aliphatic rings. The molecule has 2 aliphatic heterocycles. The van der Waals surface area contributed by atoms with E-state index in [1.165, 1.54) is 0 Å². The topological polar surface area (TPSA) is 62.6 Å². The van der Waals surface area contributed by atoms with E-state index in [0.29, 0.717) is 12.0 Å². The maximum atomic E-state index is 12.7. The van der Waals surface area contributed by atoms with Gasteiger partial charge in [0.15, 0.2) is 0 Å². The smallest absolute Gasteiger partial charge is 0.322 e. The Bertz CT molecular complexity index is 580. The van der Waals surface area contributed by atoms with Crippen molar-refractivity contribution in [3.8, 4) is 0 Å². The molecule has 1 N–H and O–H groups in total. The van der Waals surface area contributed by atoms with Crippen molar-refractivity contribution >= 4 is 11.7 Å². The van der Waals surface area contributed by atoms with Crippen molar-refractivity contribution in [3.05, 3.63) is 11.9 Å². The molecular formula is C17H29N5O2. The lowest BCUT2D eigenvalue weighted by atomic mass is 10.0. The SMILES string of the molecule is CC(C)c1nn(C)cc1NC(=O)N1C[C@@H](N2CCOCC2)[C@@H](C)C1. The highest BCUT2D eigenvalue weighted by Gasteiger charge is 2.36. The summed E-state index contributed by atoms with van der Waals surface area (Å²) in [6, 6.07) is 0.408. The van der Waals surface area contributed by atoms with Gasteiger partial charge in [-0.3, -0.25) is 9.58 Å². The Labute approximate surface area is 143 Å². The number of hydrogen-bond acceptors (Lipinski definition) is 4. The molecule has 134 valence electrons. The molecule has 0 spiro atoms. The second-order valence-corrected chi connectivity index (χ2v) is 7.28. The van der Waals surface area contributed by atoms with Gasteiger partial charge in [0, 0.05) is 45.5 Å². The first kappa shape index (κ1) is 17.2. The van der Waals surface area contributed by atoms with Gasteiger partial charge in [-0.25, -0.2) is 4.79 Å². The fourth-order valence-corrected chi connectivity index (χ4v) is 3.72. The van der Waals surface area contributed by atoms with Gasteiger partial charge in [-0.2, -0.15) is 5.10 Å². The Morgan fingerprint density at radius 1 is 1.33 bits per heavy atom. The number of aromatic nitrogens is 2. The van der Waals surface area contributed by atoms with Crippen LogP contribution in [0, 0.1) is 5.92 Å². The van der Waals surface area contributed by atoms with Crippen LogP contribution in [0.25, 0.3) is 0 Å². The van der Waals surface area contributed by atoms with Crippen molar-refractivity contribution in [3.63, 3.8) is 0 Å². The molecule has 2 fully saturated rings. The summed E-state index contributed by atoms with van der Waals surface area (Å²) in [4.78, 5) is 17.1. The number of carbonyl (C=O) groups is 1. The number of likely N-dealkylation sites (tertiary alicyclic amines) is 1. The molecule has 7 heteroatoms. The molecular weight excluding hydrogens is 306 g/mol. The number of rotatable bonds is 3. The second-order valence-electron chi connectivity index (χ2n) is 7.28. The van der Waals surface area contributed by atoms with Gasteiger partial charge >= 0.3 is 6.03 Å². The van der Waals surface area contributed by atoms with Gasteiger partial charge in [0.1, 0.15) is 0 Å². The van der Waals surface area contributed by atoms with E-state index in [4.69, 9.17) is 4.74 Å². The lowest BCUT2D eigenvalue weighted by molar-refractivity contribution is 0.0123. The first-order valence-corrected chi connectivity index (χ1v) is 8.87. The van der Waals surface area contributed by atoms with Crippen LogP contribution in [-0.2, 0) is 11.8 Å². The molecule has 7 nitrogen and oxygen atoms in total. The molecule has 1 aromatic heterocycles. The maximum Gasteiger partial charge on any atom is 0.322 e. The van der Waals surface area contributed by atoms with Crippen LogP contribution in [0.3, 0.4) is 0 Å². The minimum atomic E-state index is -0.0208. The summed E-state index contributed by atoms with van der Waals surface area (Å²) in [5.41, 5.74) is 1.75. The third-order valence-corrected chi connectivity index (χ3v) is 5.02. The van der Waals surface area contributed by atoms with E-state index in [-0.39, 0.29) is 11.9 Å². The third kappa shape index (κ3) is 3.57. The van der Waals surface area contributed by atoms with Crippen molar-refractivity contribution in [2.75, 3.05) is 44.7 Å². The number of nitrogens with one attached hydrogen (secondary N) is 1. The summed E-state index contributed by atoms with van der Waals surface area (Å²) in [7, 11) is 1.88. The Hall–Kier alpha value is -1.60. The Kier molecular flexibility index (Phi) is 5.10. The summed E-state index contributed by atoms with van der Waals surface area (Å²) >= 11 is 0. The predicted molar refractivity (Wildman–Crippen MR) is 93.2 cm³/mol. The highest BCUT2D eigenvalue weighted by Crippen LogP contribution is 2.26. The molecule has 2 saturated heterocycles. The molecule has 24 heavy (non-hydrogen) atoms. The highest BCUT2D eigenvalue weighted by atomic mass is 16.5. The van der Waals surface area contributed by atoms with Crippen LogP contribution in [0.15, 0.2) is 6.20 Å². The number of hydrogen-bond donors (Lipinski definition) is 1. The van der Waals surface area contributed by atoms with Crippen LogP contribution in [0.1, 0.15) is 32.4 Å². The third-order valence-electron chi connectivity index (χ3n) is 5.02. The fourth-order valence-electron chi connectivity index (χ4n) is 3.72. The molecule has 0 saturated carbocycles. The lowest BCUT2D eigenvalue weighted by Gasteiger charge is -2.33. The minimum Gasteiger partial charge on any atom is -0.379 e. The zero-order valence-electron chi connectivity index (χ0n) is 15.2. The number of anilines is 1. The largest absolute Gasteiger partial charge is 0.379 e. The van der Waals surface area contributed by atoms with Crippen molar-refractivity contribution < 1.29 is 9.53 Å². The molecule has 3 heterocycles. The number of nitrogens with zero attached hydrogens (tertiary/aromatic N) is 4. The monoisotopic (exact) mass is 335 g/mol. The van der Waals surface area contributed by atoms with Gasteiger partial charge in [0.25, 0.3) is 0 Å². The Morgan fingerprint density at radius 2 is 2.04 bits per heavy atom. The molecule has 0 bridgehead atoms. The summed E-state index contributed by atoms with van der Waals surface area (Å²) in [6.45, 7) is 11.5. The Morgan fingerprint density at radius 3 is 2.71 bits per heavy atom. The van der Waals surface area contributed by atoms with Gasteiger partial charge in [0.05, 0.1) is 24.6 Å². The zero-order valence-corrected chi connectivity index (χ0v) is 15.2. The van der Waals surface area contributed by atoms with Gasteiger partial charge in [-0.15, -0.1) is 0 Å². The van der Waals surface area contributed by atoms with Crippen LogP contribution in [0.2, 0.25) is 0 Å². The van der Waals surface area contributed by atoms with Gasteiger partial charge in [-0.05, 0) is 11.8 Å². The number of aryl methyl sites for hydroxylation is 1. The maximum absolute atomic E-state index is 12.7. The predicted octanol–water partition coefficient (Wildman–Crippen LogP) is 1.73. The summed E-state index contributed by atoms with van der Waals surface area (Å²) in [6.07, 6.45) is 1.88. The number of amides is 2. The lowest BCUT2D eigenvalue weighted by Crippen LogP contribution is -2.47. The van der Waals surface area contributed by atoms with Crippen molar-refractivity contribution in [2.45, 2.75) is 32.7 Å². The van der Waals surface area contributed by atoms with E-state index in [9.17, 15) is 4.79 Å². The normalized spacial score (nSPS) is 25.5. The Balaban J connectivity index is 1.64. The van der Waals surface area contributed by atoms with E-state index in [2.05, 4.69) is 36.1 Å². The highest BCUT2D eigenvalue weighted by molar-refractivity contribution is 5.90. The van der Waals surface area contributed by atoms with E-state index < -0.39 is 0 Å². The molecule has 3 rings (SSSR count). The van der Waals surface area contributed by atoms with Crippen LogP contribution in [0.5, 0.6) is 0 Å². The number of urea groups is 1. The molecule has 0 radical (unpaired) electrons. The van der Waals surface area contributed by atoms with Gasteiger partial charge in [-0.1, -0.05) is 20.8 Å². The first-order valence-electron chi connectivity index (χ1n) is 8.87. The number of morpholine rings is 1. The molecule has 0 unspecified atom stereocenters. The standard InChI is InChI=1S/C17H29N5O2/c1-12(2)16-14(10-20(4)19-16)18-17(23)22-9-13(3)15(11-22)21-5-7-24-8-6-21/h10,12-13,15H,5-9,11H2,1-4H3,(H,18,23)/t13-,15+/m0/s1. The summed E-state index contributed by atoms with van der Waals surface area (Å²) < 4.78 is 7.20. The van der Waals surface area contributed by atoms with E-state index in [1.807, 2.05) is 18.1 Å². The van der Waals surface area contributed by atoms with Crippen molar-refractivity contribution in [1.29, 1.82) is 0 Å². The zero-order chi connectivity index (χ0) is 17.3. The minimum absolute atomic E-state index is 0.0208. The average Bonchev–Trinajstić information content (AvgIpc) is 3.11. The molecule has 0 aromatic carbocycles. The average molecular weight is 335 g/mol. The quantitative estimate of drug-likeness (QED) is 0.914.